The van der Waals surface area contributed by atoms with Gasteiger partial charge in [0, 0.05) is 4.90 Å². The van der Waals surface area contributed by atoms with Gasteiger partial charge in [-0.25, -0.2) is 4.99 Å². The quantitative estimate of drug-likeness (QED) is 0.454. The largest absolute Gasteiger partial charge is 0.248 e. The van der Waals surface area contributed by atoms with Crippen LogP contribution in [0.25, 0.3) is 0 Å². The number of benzene rings is 1. The van der Waals surface area contributed by atoms with Gasteiger partial charge in [-0.2, -0.15) is 0 Å². The van der Waals surface area contributed by atoms with Crippen LogP contribution in [0.2, 0.25) is 5.02 Å². The molecule has 0 atom stereocenters. The zero-order chi connectivity index (χ0) is 8.97. The Hall–Kier alpha value is 0.260. The Morgan fingerprint density at radius 1 is 1.58 bits per heavy atom. The van der Waals surface area contributed by atoms with E-state index in [0.717, 1.165) is 10.6 Å². The topological polar surface area (TPSA) is 12.4 Å². The maximum atomic E-state index is 5.96. The molecule has 0 N–H and O–H groups in total. The minimum atomic E-state index is 0.703. The summed E-state index contributed by atoms with van der Waals surface area (Å²) in [6, 6.07) is 5.79. The van der Waals surface area contributed by atoms with E-state index in [1.54, 1.807) is 16.0 Å². The first-order chi connectivity index (χ1) is 5.79. The minimum Gasteiger partial charge on any atom is -0.248 e. The Kier molecular flexibility index (Phi) is 4.39. The first-order valence-electron chi connectivity index (χ1n) is 3.25. The molecule has 64 valence electrons. The first kappa shape index (κ1) is 10.3. The summed E-state index contributed by atoms with van der Waals surface area (Å²) >= 11 is 9.69. The van der Waals surface area contributed by atoms with Crippen molar-refractivity contribution in [3.63, 3.8) is 0 Å². The highest BCUT2D eigenvalue weighted by Gasteiger charge is 2.02. The molecule has 0 spiro atoms. The van der Waals surface area contributed by atoms with Gasteiger partial charge < -0.3 is 0 Å². The average Bonchev–Trinajstić information content (AvgIpc) is 2.09. The van der Waals surface area contributed by atoms with E-state index in [-0.39, 0.29) is 0 Å². The third kappa shape index (κ3) is 2.37. The number of rotatable bonds is 2. The molecule has 0 aromatic heterocycles. The highest BCUT2D eigenvalue weighted by atomic mass is 127. The van der Waals surface area contributed by atoms with Crippen LogP contribution < -0.4 is 0 Å². The summed E-state index contributed by atoms with van der Waals surface area (Å²) < 4.78 is 1.72. The predicted molar refractivity (Wildman–Crippen MR) is 65.4 cm³/mol. The number of nitrogens with zero attached hydrogens (tertiary/aromatic N) is 1. The maximum absolute atomic E-state index is 5.96. The molecule has 0 radical (unpaired) electrons. The van der Waals surface area contributed by atoms with Crippen LogP contribution in [0.1, 0.15) is 0 Å². The summed E-state index contributed by atoms with van der Waals surface area (Å²) in [7, 11) is 0. The Bertz CT molecular complexity index is 301. The summed E-state index contributed by atoms with van der Waals surface area (Å²) in [6.45, 7) is 0. The van der Waals surface area contributed by atoms with Crippen LogP contribution in [0, 0.1) is 0 Å². The van der Waals surface area contributed by atoms with Gasteiger partial charge >= 0.3 is 0 Å². The van der Waals surface area contributed by atoms with E-state index >= 15 is 0 Å². The Labute approximate surface area is 94.7 Å². The minimum absolute atomic E-state index is 0.703. The summed E-state index contributed by atoms with van der Waals surface area (Å²) in [5.74, 6) is 0. The molecule has 0 fully saturated rings. The second-order valence-corrected chi connectivity index (χ2v) is 3.83. The van der Waals surface area contributed by atoms with Crippen molar-refractivity contribution in [1.29, 1.82) is 0 Å². The van der Waals surface area contributed by atoms with E-state index in [2.05, 4.69) is 27.6 Å². The number of thioether (sulfide) groups is 1. The van der Waals surface area contributed by atoms with Crippen molar-refractivity contribution in [3.8, 4) is 0 Å². The van der Waals surface area contributed by atoms with Crippen LogP contribution >= 0.6 is 46.0 Å². The fourth-order valence-electron chi connectivity index (χ4n) is 0.834. The van der Waals surface area contributed by atoms with Gasteiger partial charge in [-0.05, 0) is 41.0 Å². The van der Waals surface area contributed by atoms with Gasteiger partial charge in [0.05, 0.1) is 14.9 Å². The lowest BCUT2D eigenvalue weighted by atomic mass is 10.3. The standard InChI is InChI=1S/C8H7ClINS/c1-12-7-4-2-3-6(9)8(7)11-5-10/h2-5H,1H3. The van der Waals surface area contributed by atoms with Crippen molar-refractivity contribution in [3.05, 3.63) is 23.2 Å². The molecule has 0 saturated heterocycles. The average molecular weight is 312 g/mol. The molecule has 1 nitrogen and oxygen atoms in total. The molecule has 0 bridgehead atoms. The SMILES string of the molecule is CSc1cccc(Cl)c1N=CI. The van der Waals surface area contributed by atoms with E-state index < -0.39 is 0 Å². The zero-order valence-corrected chi connectivity index (χ0v) is 10.2. The van der Waals surface area contributed by atoms with Crippen molar-refractivity contribution in [1.82, 2.24) is 0 Å². The van der Waals surface area contributed by atoms with Gasteiger partial charge in [0.15, 0.2) is 0 Å². The van der Waals surface area contributed by atoms with Gasteiger partial charge in [0.25, 0.3) is 0 Å². The van der Waals surface area contributed by atoms with Gasteiger partial charge in [-0.15, -0.1) is 11.8 Å². The molecule has 0 aliphatic rings. The van der Waals surface area contributed by atoms with Crippen LogP contribution in [0.4, 0.5) is 5.69 Å². The molecule has 0 aliphatic carbocycles. The van der Waals surface area contributed by atoms with Gasteiger partial charge in [-0.1, -0.05) is 17.7 Å². The van der Waals surface area contributed by atoms with Crippen LogP contribution in [-0.4, -0.2) is 10.5 Å². The number of para-hydroxylation sites is 1. The molecule has 0 heterocycles. The van der Waals surface area contributed by atoms with Crippen LogP contribution in [0.5, 0.6) is 0 Å². The molecule has 0 saturated carbocycles. The fraction of sp³-hybridized carbons (Fsp3) is 0.125. The van der Waals surface area contributed by atoms with E-state index in [9.17, 15) is 0 Å². The molecule has 1 aromatic carbocycles. The van der Waals surface area contributed by atoms with Crippen molar-refractivity contribution in [2.24, 2.45) is 4.99 Å². The molecule has 4 heteroatoms. The Morgan fingerprint density at radius 2 is 2.33 bits per heavy atom. The monoisotopic (exact) mass is 311 g/mol. The molecule has 1 aromatic rings. The first-order valence-corrected chi connectivity index (χ1v) is 6.09. The summed E-state index contributed by atoms with van der Waals surface area (Å²) in [6.07, 6.45) is 2.01. The molecular formula is C8H7ClINS. The molecule has 1 rings (SSSR count). The number of hydrogen-bond acceptors (Lipinski definition) is 2. The fourth-order valence-corrected chi connectivity index (χ4v) is 1.96. The van der Waals surface area contributed by atoms with Crippen molar-refractivity contribution < 1.29 is 0 Å². The van der Waals surface area contributed by atoms with Crippen LogP contribution in [-0.2, 0) is 0 Å². The van der Waals surface area contributed by atoms with Gasteiger partial charge in [-0.3, -0.25) is 0 Å². The van der Waals surface area contributed by atoms with E-state index in [0.29, 0.717) is 5.02 Å². The number of hydrogen-bond donors (Lipinski definition) is 0. The normalized spacial score (nSPS) is 10.9. The van der Waals surface area contributed by atoms with E-state index in [1.165, 1.54) is 0 Å². The molecule has 0 amide bonds. The van der Waals surface area contributed by atoms with Crippen molar-refractivity contribution >= 4 is 55.9 Å². The highest BCUT2D eigenvalue weighted by molar-refractivity contribution is 14.1. The van der Waals surface area contributed by atoms with Crippen molar-refractivity contribution in [2.75, 3.05) is 6.26 Å². The summed E-state index contributed by atoms with van der Waals surface area (Å²) in [5, 5.41) is 0.703. The van der Waals surface area contributed by atoms with Crippen LogP contribution in [0.15, 0.2) is 28.1 Å². The number of halogens is 2. The summed E-state index contributed by atoms with van der Waals surface area (Å²) in [5.41, 5.74) is 0.862. The highest BCUT2D eigenvalue weighted by Crippen LogP contribution is 2.34. The maximum Gasteiger partial charge on any atom is 0.0956 e. The molecule has 0 aliphatic heterocycles. The smallest absolute Gasteiger partial charge is 0.0956 e. The summed E-state index contributed by atoms with van der Waals surface area (Å²) in [4.78, 5) is 5.29. The predicted octanol–water partition coefficient (Wildman–Crippen LogP) is 4.16. The van der Waals surface area contributed by atoms with Gasteiger partial charge in [0.2, 0.25) is 0 Å². The second kappa shape index (κ2) is 5.09. The lowest BCUT2D eigenvalue weighted by molar-refractivity contribution is 1.39. The third-order valence-corrected chi connectivity index (χ3v) is 2.70. The molecule has 12 heavy (non-hydrogen) atoms. The van der Waals surface area contributed by atoms with Crippen molar-refractivity contribution in [2.45, 2.75) is 4.90 Å². The molecular weight excluding hydrogens is 305 g/mol. The lowest BCUT2D eigenvalue weighted by Crippen LogP contribution is -1.73. The van der Waals surface area contributed by atoms with Crippen LogP contribution in [0.3, 0.4) is 0 Å². The van der Waals surface area contributed by atoms with E-state index in [4.69, 9.17) is 11.6 Å². The Morgan fingerprint density at radius 3 is 2.92 bits per heavy atom. The third-order valence-electron chi connectivity index (χ3n) is 1.35. The zero-order valence-electron chi connectivity index (χ0n) is 6.42. The lowest BCUT2D eigenvalue weighted by Gasteiger charge is -2.02. The van der Waals surface area contributed by atoms with Gasteiger partial charge in [0.1, 0.15) is 0 Å². The Balaban J connectivity index is 3.19. The number of aliphatic imine (C=N–C) groups is 1. The second-order valence-electron chi connectivity index (χ2n) is 2.02. The molecule has 0 unspecified atom stereocenters. The van der Waals surface area contributed by atoms with E-state index in [1.807, 2.05) is 24.5 Å².